The molecule has 2 aromatic carbocycles. The molecule has 0 aliphatic heterocycles. The number of hydrogen-bond acceptors (Lipinski definition) is 4. The highest BCUT2D eigenvalue weighted by Crippen LogP contribution is 2.31. The maximum atomic E-state index is 5.88. The van der Waals surface area contributed by atoms with Crippen LogP contribution in [0.3, 0.4) is 0 Å². The summed E-state index contributed by atoms with van der Waals surface area (Å²) in [6.07, 6.45) is 3.40. The van der Waals surface area contributed by atoms with Crippen LogP contribution < -0.4 is 0 Å². The molecule has 0 fully saturated rings. The van der Waals surface area contributed by atoms with E-state index in [1.165, 1.54) is 0 Å². The molecule has 0 radical (unpaired) electrons. The SMILES string of the molecule is c1cc(-c2ccc3c(n2)oc2ccccc23)c2nccnc2c1. The van der Waals surface area contributed by atoms with Gasteiger partial charge >= 0.3 is 0 Å². The van der Waals surface area contributed by atoms with Crippen LogP contribution >= 0.6 is 0 Å². The lowest BCUT2D eigenvalue weighted by Crippen LogP contribution is -1.89. The van der Waals surface area contributed by atoms with Crippen LogP contribution in [0.2, 0.25) is 0 Å². The van der Waals surface area contributed by atoms with Crippen molar-refractivity contribution < 1.29 is 4.42 Å². The molecule has 0 amide bonds. The van der Waals surface area contributed by atoms with Gasteiger partial charge in [0, 0.05) is 28.7 Å². The van der Waals surface area contributed by atoms with Gasteiger partial charge in [0.05, 0.1) is 16.7 Å². The average molecular weight is 297 g/mol. The van der Waals surface area contributed by atoms with Crippen LogP contribution in [0.4, 0.5) is 0 Å². The van der Waals surface area contributed by atoms with Crippen molar-refractivity contribution >= 4 is 33.1 Å². The normalized spacial score (nSPS) is 11.5. The highest BCUT2D eigenvalue weighted by molar-refractivity contribution is 6.04. The molecule has 3 heterocycles. The van der Waals surface area contributed by atoms with Crippen LogP contribution in [0.1, 0.15) is 0 Å². The Labute approximate surface area is 131 Å². The molecule has 0 N–H and O–H groups in total. The molecule has 0 atom stereocenters. The molecule has 108 valence electrons. The summed E-state index contributed by atoms with van der Waals surface area (Å²) >= 11 is 0. The van der Waals surface area contributed by atoms with Gasteiger partial charge < -0.3 is 4.42 Å². The lowest BCUT2D eigenvalue weighted by Gasteiger charge is -2.04. The van der Waals surface area contributed by atoms with Crippen LogP contribution in [0.15, 0.2) is 71.4 Å². The molecule has 0 saturated carbocycles. The van der Waals surface area contributed by atoms with E-state index in [1.54, 1.807) is 12.4 Å². The standard InChI is InChI=1S/C19H11N3O/c1-2-7-17-12(4-1)13-8-9-15(22-19(13)23-17)14-5-3-6-16-18(14)21-11-10-20-16/h1-11H. The van der Waals surface area contributed by atoms with Gasteiger partial charge in [-0.25, -0.2) is 4.98 Å². The summed E-state index contributed by atoms with van der Waals surface area (Å²) in [5.74, 6) is 0. The monoisotopic (exact) mass is 297 g/mol. The molecule has 23 heavy (non-hydrogen) atoms. The van der Waals surface area contributed by atoms with Gasteiger partial charge in [0.2, 0.25) is 5.71 Å². The van der Waals surface area contributed by atoms with Crippen molar-refractivity contribution in [2.75, 3.05) is 0 Å². The quantitative estimate of drug-likeness (QED) is 0.454. The summed E-state index contributed by atoms with van der Waals surface area (Å²) in [4.78, 5) is 13.5. The lowest BCUT2D eigenvalue weighted by molar-refractivity contribution is 0.654. The second kappa shape index (κ2) is 4.61. The molecule has 0 bridgehead atoms. The fourth-order valence-corrected chi connectivity index (χ4v) is 2.95. The number of rotatable bonds is 1. The van der Waals surface area contributed by atoms with Crippen molar-refractivity contribution in [2.45, 2.75) is 0 Å². The van der Waals surface area contributed by atoms with Gasteiger partial charge in [-0.3, -0.25) is 9.97 Å². The van der Waals surface area contributed by atoms with Crippen molar-refractivity contribution in [1.82, 2.24) is 15.0 Å². The Bertz CT molecular complexity index is 1170. The zero-order chi connectivity index (χ0) is 15.2. The third kappa shape index (κ3) is 1.82. The van der Waals surface area contributed by atoms with E-state index in [0.29, 0.717) is 5.71 Å². The Morgan fingerprint density at radius 3 is 2.65 bits per heavy atom. The summed E-state index contributed by atoms with van der Waals surface area (Å²) in [6.45, 7) is 0. The zero-order valence-corrected chi connectivity index (χ0v) is 12.1. The van der Waals surface area contributed by atoms with E-state index in [2.05, 4.69) is 16.0 Å². The van der Waals surface area contributed by atoms with Crippen molar-refractivity contribution in [3.8, 4) is 11.3 Å². The van der Waals surface area contributed by atoms with Gasteiger partial charge in [-0.15, -0.1) is 0 Å². The van der Waals surface area contributed by atoms with Crippen LogP contribution in [-0.2, 0) is 0 Å². The lowest BCUT2D eigenvalue weighted by atomic mass is 10.1. The van der Waals surface area contributed by atoms with Gasteiger partial charge in [-0.2, -0.15) is 0 Å². The number of aromatic nitrogens is 3. The molecule has 4 nitrogen and oxygen atoms in total. The molecule has 4 heteroatoms. The number of nitrogens with zero attached hydrogens (tertiary/aromatic N) is 3. The average Bonchev–Trinajstić information content (AvgIpc) is 2.99. The number of furan rings is 1. The predicted molar refractivity (Wildman–Crippen MR) is 90.0 cm³/mol. The largest absolute Gasteiger partial charge is 0.438 e. The van der Waals surface area contributed by atoms with E-state index in [-0.39, 0.29) is 0 Å². The summed E-state index contributed by atoms with van der Waals surface area (Å²) in [6, 6.07) is 18.0. The van der Waals surface area contributed by atoms with Gasteiger partial charge in [-0.1, -0.05) is 30.3 Å². The summed E-state index contributed by atoms with van der Waals surface area (Å²) in [5, 5.41) is 2.11. The van der Waals surface area contributed by atoms with Crippen molar-refractivity contribution in [3.63, 3.8) is 0 Å². The van der Waals surface area contributed by atoms with E-state index in [0.717, 1.165) is 38.6 Å². The second-order valence-corrected chi connectivity index (χ2v) is 5.38. The van der Waals surface area contributed by atoms with Crippen LogP contribution in [0.25, 0.3) is 44.4 Å². The van der Waals surface area contributed by atoms with Gasteiger partial charge in [0.1, 0.15) is 5.58 Å². The number of fused-ring (bicyclic) bond motifs is 4. The first kappa shape index (κ1) is 12.3. The van der Waals surface area contributed by atoms with E-state index >= 15 is 0 Å². The van der Waals surface area contributed by atoms with Crippen molar-refractivity contribution in [3.05, 3.63) is 67.0 Å². The minimum atomic E-state index is 0.643. The van der Waals surface area contributed by atoms with Crippen LogP contribution in [0.5, 0.6) is 0 Å². The molecule has 3 aromatic heterocycles. The topological polar surface area (TPSA) is 51.8 Å². The van der Waals surface area contributed by atoms with E-state index in [4.69, 9.17) is 9.40 Å². The minimum absolute atomic E-state index is 0.643. The third-order valence-corrected chi connectivity index (χ3v) is 4.02. The molecule has 0 spiro atoms. The zero-order valence-electron chi connectivity index (χ0n) is 12.1. The molecular weight excluding hydrogens is 286 g/mol. The minimum Gasteiger partial charge on any atom is -0.438 e. The first-order chi connectivity index (χ1) is 11.4. The fourth-order valence-electron chi connectivity index (χ4n) is 2.95. The van der Waals surface area contributed by atoms with Crippen LogP contribution in [0, 0.1) is 0 Å². The molecular formula is C19H11N3O. The van der Waals surface area contributed by atoms with E-state index < -0.39 is 0 Å². The summed E-state index contributed by atoms with van der Waals surface area (Å²) < 4.78 is 5.88. The van der Waals surface area contributed by atoms with E-state index in [9.17, 15) is 0 Å². The molecule has 5 aromatic rings. The molecule has 0 aliphatic rings. The molecule has 0 saturated heterocycles. The molecule has 0 aliphatic carbocycles. The highest BCUT2D eigenvalue weighted by Gasteiger charge is 2.11. The molecule has 5 rings (SSSR count). The number of pyridine rings is 1. The van der Waals surface area contributed by atoms with Crippen molar-refractivity contribution in [2.24, 2.45) is 0 Å². The first-order valence-electron chi connectivity index (χ1n) is 7.38. The second-order valence-electron chi connectivity index (χ2n) is 5.38. The number of hydrogen-bond donors (Lipinski definition) is 0. The van der Waals surface area contributed by atoms with Gasteiger partial charge in [0.25, 0.3) is 0 Å². The highest BCUT2D eigenvalue weighted by atomic mass is 16.3. The third-order valence-electron chi connectivity index (χ3n) is 4.02. The predicted octanol–water partition coefficient (Wildman–Crippen LogP) is 4.59. The Hall–Kier alpha value is -3.27. The Balaban J connectivity index is 1.81. The Kier molecular flexibility index (Phi) is 2.46. The number of para-hydroxylation sites is 2. The smallest absolute Gasteiger partial charge is 0.227 e. The van der Waals surface area contributed by atoms with Crippen molar-refractivity contribution in [1.29, 1.82) is 0 Å². The Morgan fingerprint density at radius 1 is 0.739 bits per heavy atom. The summed E-state index contributed by atoms with van der Waals surface area (Å²) in [5.41, 5.74) is 4.99. The summed E-state index contributed by atoms with van der Waals surface area (Å²) in [7, 11) is 0. The number of benzene rings is 2. The van der Waals surface area contributed by atoms with Gasteiger partial charge in [0.15, 0.2) is 0 Å². The van der Waals surface area contributed by atoms with Crippen LogP contribution in [-0.4, -0.2) is 15.0 Å². The maximum Gasteiger partial charge on any atom is 0.227 e. The fraction of sp³-hybridized carbons (Fsp3) is 0. The molecule has 0 unspecified atom stereocenters. The maximum absolute atomic E-state index is 5.88. The van der Waals surface area contributed by atoms with E-state index in [1.807, 2.05) is 48.5 Å². The van der Waals surface area contributed by atoms with Gasteiger partial charge in [-0.05, 0) is 24.3 Å². The first-order valence-corrected chi connectivity index (χ1v) is 7.38. The Morgan fingerprint density at radius 2 is 1.65 bits per heavy atom.